The number of amidine groups is 1. The normalized spacial score (nSPS) is 28.1. The summed E-state index contributed by atoms with van der Waals surface area (Å²) in [6.07, 6.45) is 3.66. The van der Waals surface area contributed by atoms with Crippen LogP contribution in [0.5, 0.6) is 0 Å². The van der Waals surface area contributed by atoms with E-state index in [4.69, 9.17) is 0 Å². The number of anilines is 2. The molecule has 0 spiro atoms. The van der Waals surface area contributed by atoms with Crippen molar-refractivity contribution in [1.82, 2.24) is 4.90 Å². The quantitative estimate of drug-likeness (QED) is 0.512. The highest BCUT2D eigenvalue weighted by atomic mass is 32.2. The fraction of sp³-hybridized carbons (Fsp3) is 0.360. The van der Waals surface area contributed by atoms with E-state index in [0.29, 0.717) is 11.3 Å². The van der Waals surface area contributed by atoms with Gasteiger partial charge in [-0.1, -0.05) is 6.07 Å². The molecule has 0 radical (unpaired) electrons. The van der Waals surface area contributed by atoms with E-state index < -0.39 is 38.6 Å². The Kier molecular flexibility index (Phi) is 5.83. The van der Waals surface area contributed by atoms with Crippen molar-refractivity contribution in [3.8, 4) is 0 Å². The van der Waals surface area contributed by atoms with E-state index in [2.05, 4.69) is 14.4 Å². The Labute approximate surface area is 220 Å². The van der Waals surface area contributed by atoms with Gasteiger partial charge in [0.1, 0.15) is 11.3 Å². The zero-order chi connectivity index (χ0) is 26.9. The molecule has 2 aromatic carbocycles. The zero-order valence-electron chi connectivity index (χ0n) is 20.1. The lowest BCUT2D eigenvalue weighted by Crippen LogP contribution is -2.53. The minimum Gasteiger partial charge on any atom is -0.511 e. The average Bonchev–Trinajstić information content (AvgIpc) is 3.46. The lowest BCUT2D eigenvalue weighted by atomic mass is 9.77. The Morgan fingerprint density at radius 1 is 1.16 bits per heavy atom. The molecular weight excluding hydrogens is 538 g/mol. The largest absolute Gasteiger partial charge is 0.511 e. The number of hydrogen-bond acceptors (Lipinski definition) is 6. The number of nitrogens with zero attached hydrogens (tertiary/aromatic N) is 2. The predicted octanol–water partition coefficient (Wildman–Crippen LogP) is 3.45. The van der Waals surface area contributed by atoms with Crippen LogP contribution in [-0.4, -0.2) is 46.7 Å². The highest BCUT2D eigenvalue weighted by molar-refractivity contribution is 7.92. The van der Waals surface area contributed by atoms with Gasteiger partial charge in [0.15, 0.2) is 28.5 Å². The second kappa shape index (κ2) is 8.87. The van der Waals surface area contributed by atoms with Gasteiger partial charge in [-0.3, -0.25) is 9.52 Å². The molecule has 2 fully saturated rings. The summed E-state index contributed by atoms with van der Waals surface area (Å²) in [4.78, 5) is 15.7. The molecule has 2 unspecified atom stereocenters. The van der Waals surface area contributed by atoms with Crippen LogP contribution in [0.15, 0.2) is 57.0 Å². The second-order valence-corrected chi connectivity index (χ2v) is 13.1. The van der Waals surface area contributed by atoms with Gasteiger partial charge in [-0.05, 0) is 67.0 Å². The lowest BCUT2D eigenvalue weighted by Gasteiger charge is -2.44. The summed E-state index contributed by atoms with van der Waals surface area (Å²) >= 11 is 0. The predicted molar refractivity (Wildman–Crippen MR) is 137 cm³/mol. The van der Waals surface area contributed by atoms with Crippen molar-refractivity contribution >= 4 is 44.1 Å². The Balaban J connectivity index is 1.37. The molecule has 4 aliphatic rings. The van der Waals surface area contributed by atoms with Crippen molar-refractivity contribution in [2.45, 2.75) is 36.7 Å². The molecule has 2 aliphatic heterocycles. The van der Waals surface area contributed by atoms with Crippen molar-refractivity contribution in [2.75, 3.05) is 16.3 Å². The van der Waals surface area contributed by atoms with E-state index in [-0.39, 0.29) is 58.1 Å². The third-order valence-corrected chi connectivity index (χ3v) is 9.42. The van der Waals surface area contributed by atoms with Crippen molar-refractivity contribution < 1.29 is 31.3 Å². The minimum absolute atomic E-state index is 0.0185. The summed E-state index contributed by atoms with van der Waals surface area (Å²) < 4.78 is 70.2. The molecule has 0 aromatic heterocycles. The molecule has 38 heavy (non-hydrogen) atoms. The number of amides is 1. The molecule has 9 nitrogen and oxygen atoms in total. The van der Waals surface area contributed by atoms with Crippen molar-refractivity contribution in [3.05, 3.63) is 64.9 Å². The van der Waals surface area contributed by atoms with Gasteiger partial charge in [0.25, 0.3) is 5.91 Å². The highest BCUT2D eigenvalue weighted by Crippen LogP contribution is 2.55. The first-order valence-electron chi connectivity index (χ1n) is 12.1. The molecule has 3 N–H and O–H groups in total. The van der Waals surface area contributed by atoms with Crippen LogP contribution in [0.25, 0.3) is 0 Å². The van der Waals surface area contributed by atoms with Gasteiger partial charge in [-0.2, -0.15) is 4.40 Å². The molecule has 0 saturated heterocycles. The van der Waals surface area contributed by atoms with Crippen LogP contribution >= 0.6 is 0 Å². The maximum absolute atomic E-state index is 14.0. The van der Waals surface area contributed by atoms with E-state index in [0.717, 1.165) is 37.7 Å². The number of rotatable bonds is 5. The molecule has 2 heterocycles. The highest BCUT2D eigenvalue weighted by Gasteiger charge is 2.57. The lowest BCUT2D eigenvalue weighted by molar-refractivity contribution is -0.134. The fourth-order valence-electron chi connectivity index (χ4n) is 6.32. The maximum atomic E-state index is 14.0. The Hall–Kier alpha value is -3.32. The monoisotopic (exact) mass is 562 g/mol. The molecular formula is C25H24F2N4O5S2. The minimum atomic E-state index is -3.55. The number of benzene rings is 2. The summed E-state index contributed by atoms with van der Waals surface area (Å²) in [5, 5.41) is 14.4. The average molecular weight is 563 g/mol. The van der Waals surface area contributed by atoms with Gasteiger partial charge in [-0.25, -0.2) is 21.4 Å². The van der Waals surface area contributed by atoms with E-state index in [1.54, 1.807) is 4.90 Å². The Morgan fingerprint density at radius 3 is 2.66 bits per heavy atom. The molecule has 1 amide bonds. The number of nitrogens with one attached hydrogen (secondary N) is 2. The fourth-order valence-corrected chi connectivity index (χ4v) is 7.81. The van der Waals surface area contributed by atoms with Crippen LogP contribution < -0.4 is 10.0 Å². The Morgan fingerprint density at radius 2 is 1.92 bits per heavy atom. The standard InChI is InChI=1S/C25H24F2N4O5S2/c1-38(35,36)30-15-5-7-18-19(10-15)37(34)29-24(28-18)21-23(32)20-13-3-4-14(9-13)22(20)31(25(21)33)11-12-2-6-16(26)17(27)8-12/h2,5-8,10,13-14,20,22,30,32H,3-4,9,11H2,1H3,(H,28,29)/t13?,14-,20-,22+,37?/m1/s1. The first-order valence-corrected chi connectivity index (χ1v) is 15.1. The molecule has 13 heteroatoms. The van der Waals surface area contributed by atoms with Crippen molar-refractivity contribution in [1.29, 1.82) is 0 Å². The Bertz CT molecular complexity index is 1580. The molecule has 2 saturated carbocycles. The third-order valence-electron chi connectivity index (χ3n) is 7.75. The van der Waals surface area contributed by atoms with Gasteiger partial charge in [0, 0.05) is 24.2 Å². The smallest absolute Gasteiger partial charge is 0.261 e. The zero-order valence-corrected chi connectivity index (χ0v) is 21.8. The van der Waals surface area contributed by atoms with E-state index in [1.165, 1.54) is 24.3 Å². The SMILES string of the molecule is CS(=O)(=O)Nc1ccc2c(c1)S(=O)N=C(C1=C(O)[C@@H]3C4CC[C@H](C4)[C@@H]3N(Cc3ccc(F)c(F)c3)C1=O)N2. The van der Waals surface area contributed by atoms with Crippen LogP contribution in [0, 0.1) is 29.4 Å². The van der Waals surface area contributed by atoms with E-state index in [1.807, 2.05) is 0 Å². The first-order chi connectivity index (χ1) is 18.0. The number of carbonyl (C=O) groups excluding carboxylic acids is 1. The second-order valence-electron chi connectivity index (χ2n) is 10.2. The third kappa shape index (κ3) is 4.17. The summed E-state index contributed by atoms with van der Waals surface area (Å²) in [5.74, 6) is -2.69. The van der Waals surface area contributed by atoms with Gasteiger partial charge >= 0.3 is 0 Å². The molecule has 2 aromatic rings. The molecule has 5 atom stereocenters. The van der Waals surface area contributed by atoms with Crippen LogP contribution in [0.4, 0.5) is 20.2 Å². The van der Waals surface area contributed by atoms with Crippen LogP contribution in [0.1, 0.15) is 24.8 Å². The number of carbonyl (C=O) groups is 1. The summed E-state index contributed by atoms with van der Waals surface area (Å²) in [6.45, 7) is 0.0185. The molecule has 2 aliphatic carbocycles. The number of sulfonamides is 1. The topological polar surface area (TPSA) is 128 Å². The van der Waals surface area contributed by atoms with Crippen molar-refractivity contribution in [2.24, 2.45) is 22.2 Å². The number of halogens is 2. The number of fused-ring (bicyclic) bond motifs is 6. The first kappa shape index (κ1) is 25.0. The molecule has 2 bridgehead atoms. The number of aliphatic hydroxyl groups excluding tert-OH is 1. The summed E-state index contributed by atoms with van der Waals surface area (Å²) in [7, 11) is -5.55. The molecule has 200 valence electrons. The van der Waals surface area contributed by atoms with Crippen LogP contribution in [0.2, 0.25) is 0 Å². The van der Waals surface area contributed by atoms with Crippen molar-refractivity contribution in [3.63, 3.8) is 0 Å². The summed E-state index contributed by atoms with van der Waals surface area (Å²) in [6, 6.07) is 7.60. The number of hydrogen-bond donors (Lipinski definition) is 3. The van der Waals surface area contributed by atoms with Gasteiger partial charge in [-0.15, -0.1) is 0 Å². The van der Waals surface area contributed by atoms with E-state index in [9.17, 15) is 31.3 Å². The van der Waals surface area contributed by atoms with E-state index >= 15 is 0 Å². The summed E-state index contributed by atoms with van der Waals surface area (Å²) in [5.41, 5.74) is 0.873. The molecule has 6 rings (SSSR count). The van der Waals surface area contributed by atoms with Gasteiger partial charge in [0.2, 0.25) is 10.0 Å². The van der Waals surface area contributed by atoms with Crippen LogP contribution in [-0.2, 0) is 32.3 Å². The number of aliphatic hydroxyl groups is 1. The van der Waals surface area contributed by atoms with Crippen LogP contribution in [0.3, 0.4) is 0 Å². The van der Waals surface area contributed by atoms with Gasteiger partial charge < -0.3 is 15.3 Å². The van der Waals surface area contributed by atoms with Gasteiger partial charge in [0.05, 0.1) is 16.8 Å². The maximum Gasteiger partial charge on any atom is 0.261 e.